The fourth-order valence-electron chi connectivity index (χ4n) is 2.80. The summed E-state index contributed by atoms with van der Waals surface area (Å²) in [6.45, 7) is 19.2. The average molecular weight is 414 g/mol. The summed E-state index contributed by atoms with van der Waals surface area (Å²) in [5.74, 6) is -0.414. The van der Waals surface area contributed by atoms with E-state index in [1.807, 2.05) is 20.8 Å². The van der Waals surface area contributed by atoms with Crippen molar-refractivity contribution in [2.75, 3.05) is 13.2 Å². The Bertz CT molecular complexity index is 574. The Kier molecular flexibility index (Phi) is 8.32. The Hall–Kier alpha value is -1.34. The molecule has 7 heteroatoms. The van der Waals surface area contributed by atoms with Gasteiger partial charge >= 0.3 is 12.1 Å². The number of carbonyl (C=O) groups excluding carboxylic acids is 2. The molecule has 0 radical (unpaired) electrons. The van der Waals surface area contributed by atoms with Gasteiger partial charge in [-0.15, -0.1) is 0 Å². The normalized spacial score (nSPS) is 21.7. The molecule has 0 unspecified atom stereocenters. The molecule has 0 saturated carbocycles. The topological polar surface area (TPSA) is 65.1 Å². The SMILES string of the molecule is CCOC(=O)/C=C/[C@@H]1[C@@H](O[Si](C)(C)C(C)(C)C)CCCN1C(=O)OC(C)(C)C. The van der Waals surface area contributed by atoms with Crippen LogP contribution in [-0.4, -0.2) is 56.2 Å². The van der Waals surface area contributed by atoms with E-state index in [1.54, 1.807) is 17.9 Å². The summed E-state index contributed by atoms with van der Waals surface area (Å²) in [7, 11) is -2.05. The van der Waals surface area contributed by atoms with Crippen molar-refractivity contribution >= 4 is 20.4 Å². The molecule has 28 heavy (non-hydrogen) atoms. The second-order valence-electron chi connectivity index (χ2n) is 9.83. The Labute approximate surface area is 171 Å². The number of esters is 1. The van der Waals surface area contributed by atoms with Gasteiger partial charge in [0.05, 0.1) is 18.8 Å². The number of hydrogen-bond donors (Lipinski definition) is 0. The minimum atomic E-state index is -2.05. The molecule has 0 aromatic heterocycles. The van der Waals surface area contributed by atoms with Crippen LogP contribution < -0.4 is 0 Å². The smallest absolute Gasteiger partial charge is 0.410 e. The summed E-state index contributed by atoms with van der Waals surface area (Å²) < 4.78 is 17.3. The van der Waals surface area contributed by atoms with Crippen molar-refractivity contribution in [3.05, 3.63) is 12.2 Å². The van der Waals surface area contributed by atoms with E-state index >= 15 is 0 Å². The zero-order valence-electron chi connectivity index (χ0n) is 19.1. The Morgan fingerprint density at radius 2 is 1.75 bits per heavy atom. The van der Waals surface area contributed by atoms with Gasteiger partial charge in [0.2, 0.25) is 0 Å². The van der Waals surface area contributed by atoms with Crippen LogP contribution in [0.2, 0.25) is 18.1 Å². The molecule has 6 nitrogen and oxygen atoms in total. The molecule has 0 spiro atoms. The number of carbonyl (C=O) groups is 2. The Balaban J connectivity index is 3.14. The quantitative estimate of drug-likeness (QED) is 0.364. The van der Waals surface area contributed by atoms with Crippen molar-refractivity contribution in [1.29, 1.82) is 0 Å². The summed E-state index contributed by atoms with van der Waals surface area (Å²) in [5, 5.41) is 0.0522. The van der Waals surface area contributed by atoms with E-state index in [1.165, 1.54) is 6.08 Å². The minimum Gasteiger partial charge on any atom is -0.463 e. The van der Waals surface area contributed by atoms with Gasteiger partial charge in [-0.1, -0.05) is 26.8 Å². The van der Waals surface area contributed by atoms with Crippen molar-refractivity contribution in [2.24, 2.45) is 0 Å². The third-order valence-corrected chi connectivity index (χ3v) is 9.73. The predicted molar refractivity (Wildman–Crippen MR) is 114 cm³/mol. The van der Waals surface area contributed by atoms with E-state index in [-0.39, 0.29) is 23.3 Å². The first kappa shape index (κ1) is 24.7. The fraction of sp³-hybridized carbons (Fsp3) is 0.810. The largest absolute Gasteiger partial charge is 0.463 e. The molecule has 0 aromatic rings. The lowest BCUT2D eigenvalue weighted by Gasteiger charge is -2.46. The van der Waals surface area contributed by atoms with Gasteiger partial charge in [-0.05, 0) is 58.7 Å². The molecular formula is C21H39NO5Si. The monoisotopic (exact) mass is 413 g/mol. The summed E-state index contributed by atoms with van der Waals surface area (Å²) in [6, 6.07) is -0.359. The van der Waals surface area contributed by atoms with E-state index < -0.39 is 19.9 Å². The number of nitrogens with zero attached hydrogens (tertiary/aromatic N) is 1. The number of amides is 1. The molecule has 1 aliphatic rings. The predicted octanol–water partition coefficient (Wildman–Crippen LogP) is 4.90. The van der Waals surface area contributed by atoms with Crippen molar-refractivity contribution in [3.8, 4) is 0 Å². The van der Waals surface area contributed by atoms with Crippen LogP contribution in [-0.2, 0) is 18.7 Å². The lowest BCUT2D eigenvalue weighted by Crippen LogP contribution is -2.56. The van der Waals surface area contributed by atoms with Crippen molar-refractivity contribution < 1.29 is 23.5 Å². The standard InChI is InChI=1S/C21H39NO5Si/c1-10-25-18(23)14-13-16-17(27-28(8,9)21(5,6)7)12-11-15-22(16)19(24)26-20(2,3)4/h13-14,16-17H,10-12,15H2,1-9H3/b14-13+/t16-,17+/m1/s1. The van der Waals surface area contributed by atoms with Crippen LogP contribution in [0.15, 0.2) is 12.2 Å². The van der Waals surface area contributed by atoms with Gasteiger partial charge in [0, 0.05) is 12.6 Å². The molecule has 0 bridgehead atoms. The molecule has 1 saturated heterocycles. The van der Waals surface area contributed by atoms with Crippen molar-refractivity contribution in [2.45, 2.75) is 97.2 Å². The minimum absolute atomic E-state index is 0.0522. The van der Waals surface area contributed by atoms with E-state index in [0.29, 0.717) is 13.2 Å². The maximum absolute atomic E-state index is 12.8. The van der Waals surface area contributed by atoms with Gasteiger partial charge in [-0.3, -0.25) is 4.90 Å². The summed E-state index contributed by atoms with van der Waals surface area (Å²) in [4.78, 5) is 26.4. The first-order valence-electron chi connectivity index (χ1n) is 10.2. The average Bonchev–Trinajstić information content (AvgIpc) is 2.50. The highest BCUT2D eigenvalue weighted by Crippen LogP contribution is 2.39. The van der Waals surface area contributed by atoms with Gasteiger partial charge < -0.3 is 13.9 Å². The molecule has 0 aliphatic carbocycles. The molecular weight excluding hydrogens is 374 g/mol. The zero-order valence-corrected chi connectivity index (χ0v) is 20.1. The van der Waals surface area contributed by atoms with Crippen LogP contribution in [0.1, 0.15) is 61.3 Å². The van der Waals surface area contributed by atoms with Crippen LogP contribution in [0.4, 0.5) is 4.79 Å². The summed E-state index contributed by atoms with van der Waals surface area (Å²) in [6.07, 6.45) is 4.26. The second-order valence-corrected chi connectivity index (χ2v) is 14.6. The highest BCUT2D eigenvalue weighted by Gasteiger charge is 2.43. The lowest BCUT2D eigenvalue weighted by molar-refractivity contribution is -0.137. The van der Waals surface area contributed by atoms with E-state index in [9.17, 15) is 9.59 Å². The Morgan fingerprint density at radius 3 is 2.25 bits per heavy atom. The summed E-state index contributed by atoms with van der Waals surface area (Å²) in [5.41, 5.74) is -0.584. The molecule has 1 heterocycles. The first-order valence-corrected chi connectivity index (χ1v) is 13.1. The highest BCUT2D eigenvalue weighted by molar-refractivity contribution is 6.74. The van der Waals surface area contributed by atoms with Crippen molar-refractivity contribution in [1.82, 2.24) is 4.90 Å². The van der Waals surface area contributed by atoms with E-state index in [0.717, 1.165) is 12.8 Å². The molecule has 162 valence electrons. The highest BCUT2D eigenvalue weighted by atomic mass is 28.4. The second kappa shape index (κ2) is 9.44. The summed E-state index contributed by atoms with van der Waals surface area (Å²) >= 11 is 0. The maximum atomic E-state index is 12.8. The van der Waals surface area contributed by atoms with Crippen LogP contribution in [0.3, 0.4) is 0 Å². The van der Waals surface area contributed by atoms with Crippen molar-refractivity contribution in [3.63, 3.8) is 0 Å². The van der Waals surface area contributed by atoms with Crippen LogP contribution in [0.5, 0.6) is 0 Å². The number of hydrogen-bond acceptors (Lipinski definition) is 5. The molecule has 0 N–H and O–H groups in total. The van der Waals surface area contributed by atoms with Crippen LogP contribution in [0, 0.1) is 0 Å². The number of likely N-dealkylation sites (tertiary alicyclic amines) is 1. The fourth-order valence-corrected chi connectivity index (χ4v) is 4.16. The van der Waals surface area contributed by atoms with Gasteiger partial charge in [0.1, 0.15) is 5.60 Å². The van der Waals surface area contributed by atoms with Gasteiger partial charge in [-0.25, -0.2) is 9.59 Å². The zero-order chi connectivity index (χ0) is 21.8. The maximum Gasteiger partial charge on any atom is 0.410 e. The molecule has 1 rings (SSSR count). The third-order valence-electron chi connectivity index (χ3n) is 5.22. The molecule has 2 atom stereocenters. The first-order chi connectivity index (χ1) is 12.7. The van der Waals surface area contributed by atoms with E-state index in [4.69, 9.17) is 13.9 Å². The number of rotatable bonds is 5. The molecule has 1 aliphatic heterocycles. The molecule has 1 amide bonds. The van der Waals surface area contributed by atoms with Crippen LogP contribution in [0.25, 0.3) is 0 Å². The van der Waals surface area contributed by atoms with Crippen LogP contribution >= 0.6 is 0 Å². The lowest BCUT2D eigenvalue weighted by atomic mass is 9.99. The number of piperidine rings is 1. The van der Waals surface area contributed by atoms with Gasteiger partial charge in [0.25, 0.3) is 0 Å². The molecule has 1 fully saturated rings. The van der Waals surface area contributed by atoms with Gasteiger partial charge in [0.15, 0.2) is 8.32 Å². The van der Waals surface area contributed by atoms with Gasteiger partial charge in [-0.2, -0.15) is 0 Å². The molecule has 0 aromatic carbocycles. The van der Waals surface area contributed by atoms with E-state index in [2.05, 4.69) is 33.9 Å². The third kappa shape index (κ3) is 7.24. The number of ether oxygens (including phenoxy) is 2. The Morgan fingerprint density at radius 1 is 1.14 bits per heavy atom.